The van der Waals surface area contributed by atoms with Crippen molar-refractivity contribution in [3.05, 3.63) is 29.3 Å². The third-order valence-corrected chi connectivity index (χ3v) is 3.19. The summed E-state index contributed by atoms with van der Waals surface area (Å²) in [5, 5.41) is 0.631. The van der Waals surface area contributed by atoms with E-state index in [4.69, 9.17) is 26.8 Å². The Labute approximate surface area is 126 Å². The molecule has 2 heterocycles. The van der Waals surface area contributed by atoms with Gasteiger partial charge >= 0.3 is 6.01 Å². The lowest BCUT2D eigenvalue weighted by molar-refractivity contribution is 0.122. The highest BCUT2D eigenvalue weighted by molar-refractivity contribution is 6.30. The molecule has 0 saturated carbocycles. The summed E-state index contributed by atoms with van der Waals surface area (Å²) in [7, 11) is 0. The van der Waals surface area contributed by atoms with Crippen LogP contribution in [0.4, 0.5) is 11.9 Å². The molecular weight excluding hydrogens is 294 g/mol. The Morgan fingerprint density at radius 3 is 2.52 bits per heavy atom. The first kappa shape index (κ1) is 13.8. The fraction of sp³-hybridized carbons (Fsp3) is 0.308. The molecule has 2 N–H and O–H groups in total. The van der Waals surface area contributed by atoms with Crippen LogP contribution in [0.25, 0.3) is 0 Å². The van der Waals surface area contributed by atoms with Gasteiger partial charge in [-0.3, -0.25) is 0 Å². The van der Waals surface area contributed by atoms with Gasteiger partial charge in [0.25, 0.3) is 0 Å². The van der Waals surface area contributed by atoms with Crippen molar-refractivity contribution in [2.24, 2.45) is 0 Å². The molecule has 0 amide bonds. The lowest BCUT2D eigenvalue weighted by Gasteiger charge is -2.26. The van der Waals surface area contributed by atoms with E-state index >= 15 is 0 Å². The van der Waals surface area contributed by atoms with Gasteiger partial charge in [-0.15, -0.1) is 0 Å². The van der Waals surface area contributed by atoms with Crippen LogP contribution in [-0.2, 0) is 4.74 Å². The van der Waals surface area contributed by atoms with E-state index in [-0.39, 0.29) is 12.0 Å². The molecule has 0 atom stereocenters. The summed E-state index contributed by atoms with van der Waals surface area (Å²) >= 11 is 5.83. The Kier molecular flexibility index (Phi) is 4.03. The van der Waals surface area contributed by atoms with E-state index in [2.05, 4.69) is 15.0 Å². The van der Waals surface area contributed by atoms with Crippen molar-refractivity contribution in [3.8, 4) is 11.8 Å². The summed E-state index contributed by atoms with van der Waals surface area (Å²) in [5.74, 6) is 1.20. The largest absolute Gasteiger partial charge is 0.424 e. The predicted octanol–water partition coefficient (Wildman–Crippen LogP) is 1.74. The fourth-order valence-electron chi connectivity index (χ4n) is 1.92. The van der Waals surface area contributed by atoms with E-state index < -0.39 is 0 Å². The lowest BCUT2D eigenvalue weighted by atomic mass is 10.3. The van der Waals surface area contributed by atoms with Crippen LogP contribution in [-0.4, -0.2) is 41.3 Å². The van der Waals surface area contributed by atoms with Gasteiger partial charge in [0.2, 0.25) is 11.9 Å². The number of nitrogens with two attached hydrogens (primary N) is 1. The molecule has 1 aromatic heterocycles. The standard InChI is InChI=1S/C13H14ClN5O2/c14-9-1-3-10(4-2-9)21-13-17-11(15)16-12(18-13)19-5-7-20-8-6-19/h1-4H,5-8H2,(H2,15,16,17,18). The maximum Gasteiger partial charge on any atom is 0.328 e. The maximum atomic E-state index is 5.83. The molecule has 3 rings (SSSR count). The third kappa shape index (κ3) is 3.50. The zero-order valence-electron chi connectivity index (χ0n) is 11.2. The van der Waals surface area contributed by atoms with Crippen LogP contribution < -0.4 is 15.4 Å². The second-order valence-corrected chi connectivity index (χ2v) is 4.87. The first-order valence-corrected chi connectivity index (χ1v) is 6.86. The maximum absolute atomic E-state index is 5.83. The van der Waals surface area contributed by atoms with E-state index in [1.807, 2.05) is 4.90 Å². The highest BCUT2D eigenvalue weighted by Crippen LogP contribution is 2.22. The van der Waals surface area contributed by atoms with Crippen LogP contribution in [0.3, 0.4) is 0 Å². The Balaban J connectivity index is 1.81. The number of nitrogen functional groups attached to an aromatic ring is 1. The molecule has 1 saturated heterocycles. The van der Waals surface area contributed by atoms with Crippen LogP contribution in [0, 0.1) is 0 Å². The summed E-state index contributed by atoms with van der Waals surface area (Å²) < 4.78 is 10.9. The number of rotatable bonds is 3. The average Bonchev–Trinajstić information content (AvgIpc) is 2.50. The Hall–Kier alpha value is -2.12. The predicted molar refractivity (Wildman–Crippen MR) is 78.8 cm³/mol. The molecule has 21 heavy (non-hydrogen) atoms. The van der Waals surface area contributed by atoms with Gasteiger partial charge in [0.1, 0.15) is 5.75 Å². The average molecular weight is 308 g/mol. The molecule has 0 radical (unpaired) electrons. The highest BCUT2D eigenvalue weighted by Gasteiger charge is 2.16. The van der Waals surface area contributed by atoms with Crippen molar-refractivity contribution in [3.63, 3.8) is 0 Å². The third-order valence-electron chi connectivity index (χ3n) is 2.94. The number of hydrogen-bond acceptors (Lipinski definition) is 7. The Morgan fingerprint density at radius 1 is 1.10 bits per heavy atom. The fourth-order valence-corrected chi connectivity index (χ4v) is 2.05. The molecule has 1 aliphatic rings. The van der Waals surface area contributed by atoms with Crippen LogP contribution >= 0.6 is 11.6 Å². The van der Waals surface area contributed by atoms with E-state index in [9.17, 15) is 0 Å². The van der Waals surface area contributed by atoms with Crippen molar-refractivity contribution in [2.45, 2.75) is 0 Å². The number of aromatic nitrogens is 3. The SMILES string of the molecule is Nc1nc(Oc2ccc(Cl)cc2)nc(N2CCOCC2)n1. The van der Waals surface area contributed by atoms with Gasteiger partial charge in [0.15, 0.2) is 0 Å². The summed E-state index contributed by atoms with van der Waals surface area (Å²) in [5.41, 5.74) is 5.72. The number of halogens is 1. The molecule has 1 aromatic carbocycles. The second-order valence-electron chi connectivity index (χ2n) is 4.43. The van der Waals surface area contributed by atoms with Gasteiger partial charge in [-0.25, -0.2) is 0 Å². The Bertz CT molecular complexity index is 616. The number of nitrogens with zero attached hydrogens (tertiary/aromatic N) is 4. The molecule has 7 nitrogen and oxygen atoms in total. The quantitative estimate of drug-likeness (QED) is 0.924. The van der Waals surface area contributed by atoms with Crippen molar-refractivity contribution in [1.29, 1.82) is 0 Å². The molecule has 110 valence electrons. The van der Waals surface area contributed by atoms with E-state index in [0.29, 0.717) is 43.0 Å². The van der Waals surface area contributed by atoms with Crippen LogP contribution in [0.1, 0.15) is 0 Å². The summed E-state index contributed by atoms with van der Waals surface area (Å²) in [6, 6.07) is 7.08. The second kappa shape index (κ2) is 6.11. The van der Waals surface area contributed by atoms with Crippen molar-refractivity contribution >= 4 is 23.5 Å². The minimum Gasteiger partial charge on any atom is -0.424 e. The van der Waals surface area contributed by atoms with Gasteiger partial charge in [-0.2, -0.15) is 15.0 Å². The van der Waals surface area contributed by atoms with E-state index in [1.165, 1.54) is 0 Å². The van der Waals surface area contributed by atoms with E-state index in [0.717, 1.165) is 0 Å². The van der Waals surface area contributed by atoms with Crippen LogP contribution in [0.5, 0.6) is 11.8 Å². The molecule has 1 aliphatic heterocycles. The molecule has 1 fully saturated rings. The first-order valence-electron chi connectivity index (χ1n) is 6.48. The van der Waals surface area contributed by atoms with Crippen molar-refractivity contribution in [2.75, 3.05) is 36.9 Å². The molecule has 0 bridgehead atoms. The lowest BCUT2D eigenvalue weighted by Crippen LogP contribution is -2.37. The molecular formula is C13H14ClN5O2. The van der Waals surface area contributed by atoms with Crippen LogP contribution in [0.15, 0.2) is 24.3 Å². The van der Waals surface area contributed by atoms with Gasteiger partial charge in [-0.05, 0) is 24.3 Å². The number of anilines is 2. The molecule has 0 unspecified atom stereocenters. The van der Waals surface area contributed by atoms with Gasteiger partial charge in [0, 0.05) is 18.1 Å². The minimum absolute atomic E-state index is 0.121. The zero-order valence-corrected chi connectivity index (χ0v) is 12.0. The van der Waals surface area contributed by atoms with Gasteiger partial charge in [-0.1, -0.05) is 11.6 Å². The zero-order chi connectivity index (χ0) is 14.7. The number of ether oxygens (including phenoxy) is 2. The molecule has 0 aliphatic carbocycles. The summed E-state index contributed by atoms with van der Waals surface area (Å²) in [4.78, 5) is 14.4. The summed E-state index contributed by atoms with van der Waals surface area (Å²) in [6.45, 7) is 2.70. The van der Waals surface area contributed by atoms with Crippen LogP contribution in [0.2, 0.25) is 5.02 Å². The van der Waals surface area contributed by atoms with Crippen molar-refractivity contribution < 1.29 is 9.47 Å². The number of morpholine rings is 1. The normalized spacial score (nSPS) is 15.0. The molecule has 2 aromatic rings. The molecule has 0 spiro atoms. The monoisotopic (exact) mass is 307 g/mol. The first-order chi connectivity index (χ1) is 10.2. The molecule has 8 heteroatoms. The highest BCUT2D eigenvalue weighted by atomic mass is 35.5. The van der Waals surface area contributed by atoms with Crippen molar-refractivity contribution in [1.82, 2.24) is 15.0 Å². The number of benzene rings is 1. The van der Waals surface area contributed by atoms with Gasteiger partial charge < -0.3 is 20.1 Å². The minimum atomic E-state index is 0.121. The Morgan fingerprint density at radius 2 is 1.81 bits per heavy atom. The van der Waals surface area contributed by atoms with Gasteiger partial charge in [0.05, 0.1) is 13.2 Å². The smallest absolute Gasteiger partial charge is 0.328 e. The summed E-state index contributed by atoms with van der Waals surface area (Å²) in [6.07, 6.45) is 0. The van der Waals surface area contributed by atoms with E-state index in [1.54, 1.807) is 24.3 Å². The topological polar surface area (TPSA) is 86.4 Å². The number of hydrogen-bond donors (Lipinski definition) is 1.